The fourth-order valence-electron chi connectivity index (χ4n) is 8.37. The Balaban J connectivity index is 1.35. The second-order valence-corrected chi connectivity index (χ2v) is 11.6. The average Bonchev–Trinajstić information content (AvgIpc) is 3.08. The number of ether oxygens (including phenoxy) is 1. The number of benzene rings is 1. The molecule has 3 heteroatoms. The molecule has 1 heterocycles. The molecule has 8 atom stereocenters. The molecule has 0 N–H and O–H groups in total. The molecule has 3 aliphatic carbocycles. The van der Waals surface area contributed by atoms with E-state index in [-0.39, 0.29) is 0 Å². The number of carbonyl (C=O) groups excluding carboxylic acids is 1. The van der Waals surface area contributed by atoms with Crippen molar-refractivity contribution in [2.45, 2.75) is 84.5 Å². The number of amides is 1. The van der Waals surface area contributed by atoms with E-state index in [1.807, 2.05) is 0 Å². The van der Waals surface area contributed by atoms with Crippen molar-refractivity contribution >= 4 is 5.91 Å². The summed E-state index contributed by atoms with van der Waals surface area (Å²) >= 11 is 0. The minimum Gasteiger partial charge on any atom is -0.374 e. The van der Waals surface area contributed by atoms with Crippen LogP contribution in [0, 0.1) is 34.5 Å². The van der Waals surface area contributed by atoms with Crippen LogP contribution in [0.15, 0.2) is 30.3 Å². The van der Waals surface area contributed by atoms with Crippen LogP contribution in [0.2, 0.25) is 0 Å². The zero-order chi connectivity index (χ0) is 21.1. The molecule has 1 aliphatic heterocycles. The number of fused-ring (bicyclic) bond motifs is 5. The topological polar surface area (TPSA) is 29.5 Å². The van der Waals surface area contributed by atoms with Crippen molar-refractivity contribution in [2.75, 3.05) is 7.05 Å². The molecule has 3 saturated carbocycles. The molecule has 1 aromatic rings. The van der Waals surface area contributed by atoms with E-state index >= 15 is 0 Å². The molecule has 0 bridgehead atoms. The van der Waals surface area contributed by atoms with Gasteiger partial charge >= 0.3 is 0 Å². The average molecular weight is 410 g/mol. The maximum atomic E-state index is 12.4. The Hall–Kier alpha value is -1.35. The third-order valence-electron chi connectivity index (χ3n) is 9.99. The molecule has 0 aromatic heterocycles. The van der Waals surface area contributed by atoms with E-state index in [2.05, 4.69) is 63.1 Å². The molecule has 30 heavy (non-hydrogen) atoms. The molecule has 164 valence electrons. The van der Waals surface area contributed by atoms with Crippen molar-refractivity contribution in [2.24, 2.45) is 34.5 Å². The molecular weight excluding hydrogens is 370 g/mol. The molecule has 0 radical (unpaired) electrons. The van der Waals surface area contributed by atoms with Gasteiger partial charge in [-0.05, 0) is 78.6 Å². The number of likely N-dealkylation sites (tertiary alicyclic amines) is 1. The number of nitrogens with zero attached hydrogens (tertiary/aromatic N) is 1. The monoisotopic (exact) mass is 409 g/mol. The summed E-state index contributed by atoms with van der Waals surface area (Å²) in [4.78, 5) is 14.5. The van der Waals surface area contributed by atoms with Gasteiger partial charge in [-0.2, -0.15) is 0 Å². The number of hydrogen-bond acceptors (Lipinski definition) is 2. The van der Waals surface area contributed by atoms with Crippen molar-refractivity contribution in [1.29, 1.82) is 0 Å². The third kappa shape index (κ3) is 3.15. The highest BCUT2D eigenvalue weighted by atomic mass is 16.5. The van der Waals surface area contributed by atoms with Crippen molar-refractivity contribution in [3.63, 3.8) is 0 Å². The van der Waals surface area contributed by atoms with Gasteiger partial charge in [0.1, 0.15) is 0 Å². The van der Waals surface area contributed by atoms with Crippen molar-refractivity contribution < 1.29 is 9.53 Å². The Morgan fingerprint density at radius 2 is 1.87 bits per heavy atom. The van der Waals surface area contributed by atoms with Gasteiger partial charge in [0.25, 0.3) is 0 Å². The SMILES string of the molecule is CC1CC2N(C)C(=O)CC[C@]2(C)[C@@H]2CC[C@]3(C)CC(OCc4ccccc4)C[C@H]3[C@H]12. The standard InChI is InChI=1S/C27H39NO2/c1-18-14-23-27(3,13-11-24(29)28(23)4)21-10-12-26(2)16-20(15-22(26)25(18)21)30-17-19-8-6-5-7-9-19/h5-9,18,20-23,25H,10-17H2,1-4H3/t18?,20?,21-,22+,23?,25-,26-,27-/m1/s1. The van der Waals surface area contributed by atoms with Crippen LogP contribution < -0.4 is 0 Å². The first-order valence-electron chi connectivity index (χ1n) is 12.2. The van der Waals surface area contributed by atoms with Crippen molar-refractivity contribution in [3.05, 3.63) is 35.9 Å². The maximum Gasteiger partial charge on any atom is 0.222 e. The molecule has 1 amide bonds. The van der Waals surface area contributed by atoms with Crippen LogP contribution in [0.5, 0.6) is 0 Å². The fourth-order valence-corrected chi connectivity index (χ4v) is 8.37. The minimum atomic E-state index is 0.296. The summed E-state index contributed by atoms with van der Waals surface area (Å²) in [5.74, 6) is 3.37. The highest BCUT2D eigenvalue weighted by Gasteiger charge is 2.62. The van der Waals surface area contributed by atoms with Crippen molar-refractivity contribution in [3.8, 4) is 0 Å². The Bertz CT molecular complexity index is 793. The molecule has 4 aliphatic rings. The van der Waals surface area contributed by atoms with Crippen LogP contribution >= 0.6 is 0 Å². The highest BCUT2D eigenvalue weighted by molar-refractivity contribution is 5.77. The van der Waals surface area contributed by atoms with Gasteiger partial charge in [0.2, 0.25) is 5.91 Å². The molecule has 3 nitrogen and oxygen atoms in total. The number of piperidine rings is 1. The summed E-state index contributed by atoms with van der Waals surface area (Å²) in [6.45, 7) is 8.29. The van der Waals surface area contributed by atoms with Gasteiger partial charge < -0.3 is 9.64 Å². The molecule has 1 saturated heterocycles. The molecule has 4 fully saturated rings. The van der Waals surface area contributed by atoms with Crippen LogP contribution in [-0.2, 0) is 16.1 Å². The summed E-state index contributed by atoms with van der Waals surface area (Å²) < 4.78 is 6.47. The first-order valence-corrected chi connectivity index (χ1v) is 12.2. The van der Waals surface area contributed by atoms with Gasteiger partial charge in [0.05, 0.1) is 12.7 Å². The zero-order valence-electron chi connectivity index (χ0n) is 19.3. The van der Waals surface area contributed by atoms with E-state index in [1.54, 1.807) is 0 Å². The first kappa shape index (κ1) is 20.5. The minimum absolute atomic E-state index is 0.296. The number of hydrogen-bond donors (Lipinski definition) is 0. The lowest BCUT2D eigenvalue weighted by Crippen LogP contribution is -2.62. The van der Waals surface area contributed by atoms with E-state index in [0.29, 0.717) is 34.8 Å². The van der Waals surface area contributed by atoms with Gasteiger partial charge in [-0.1, -0.05) is 51.1 Å². The predicted molar refractivity (Wildman–Crippen MR) is 120 cm³/mol. The third-order valence-corrected chi connectivity index (χ3v) is 9.99. The lowest BCUT2D eigenvalue weighted by molar-refractivity contribution is -0.164. The van der Waals surface area contributed by atoms with Gasteiger partial charge in [-0.25, -0.2) is 0 Å². The highest BCUT2D eigenvalue weighted by Crippen LogP contribution is 2.66. The largest absolute Gasteiger partial charge is 0.374 e. The molecule has 1 aromatic carbocycles. The predicted octanol–water partition coefficient (Wildman–Crippen LogP) is 5.68. The quantitative estimate of drug-likeness (QED) is 0.643. The molecule has 3 unspecified atom stereocenters. The Kier molecular flexibility index (Phi) is 5.04. The smallest absolute Gasteiger partial charge is 0.222 e. The van der Waals surface area contributed by atoms with Gasteiger partial charge in [-0.15, -0.1) is 0 Å². The Morgan fingerprint density at radius 1 is 1.10 bits per heavy atom. The van der Waals surface area contributed by atoms with E-state index in [9.17, 15) is 4.79 Å². The second kappa shape index (κ2) is 7.36. The lowest BCUT2D eigenvalue weighted by Gasteiger charge is -2.63. The second-order valence-electron chi connectivity index (χ2n) is 11.6. The molecular formula is C27H39NO2. The van der Waals surface area contributed by atoms with E-state index in [0.717, 1.165) is 37.2 Å². The maximum absolute atomic E-state index is 12.4. The normalized spacial score (nSPS) is 45.6. The zero-order valence-corrected chi connectivity index (χ0v) is 19.3. The number of rotatable bonds is 3. The fraction of sp³-hybridized carbons (Fsp3) is 0.741. The summed E-state index contributed by atoms with van der Waals surface area (Å²) in [6.07, 6.45) is 8.52. The van der Waals surface area contributed by atoms with Crippen LogP contribution in [0.25, 0.3) is 0 Å². The van der Waals surface area contributed by atoms with Gasteiger partial charge in [0.15, 0.2) is 0 Å². The molecule has 5 rings (SSSR count). The number of carbonyl (C=O) groups is 1. The van der Waals surface area contributed by atoms with Crippen LogP contribution in [-0.4, -0.2) is 30.0 Å². The van der Waals surface area contributed by atoms with Crippen LogP contribution in [0.1, 0.15) is 71.3 Å². The summed E-state index contributed by atoms with van der Waals surface area (Å²) in [6, 6.07) is 11.1. The van der Waals surface area contributed by atoms with Crippen LogP contribution in [0.4, 0.5) is 0 Å². The van der Waals surface area contributed by atoms with E-state index in [1.165, 1.54) is 37.7 Å². The van der Waals surface area contributed by atoms with E-state index < -0.39 is 0 Å². The van der Waals surface area contributed by atoms with Gasteiger partial charge in [-0.3, -0.25) is 4.79 Å². The summed E-state index contributed by atoms with van der Waals surface area (Å²) in [5, 5.41) is 0. The van der Waals surface area contributed by atoms with E-state index in [4.69, 9.17) is 4.74 Å². The molecule has 0 spiro atoms. The van der Waals surface area contributed by atoms with Gasteiger partial charge in [0, 0.05) is 19.5 Å². The Labute approximate surface area is 182 Å². The first-order chi connectivity index (χ1) is 14.3. The Morgan fingerprint density at radius 3 is 2.63 bits per heavy atom. The summed E-state index contributed by atoms with van der Waals surface area (Å²) in [7, 11) is 2.06. The lowest BCUT2D eigenvalue weighted by atomic mass is 9.45. The van der Waals surface area contributed by atoms with Crippen LogP contribution in [0.3, 0.4) is 0 Å². The summed E-state index contributed by atoms with van der Waals surface area (Å²) in [5.41, 5.74) is 2.01. The van der Waals surface area contributed by atoms with Crippen molar-refractivity contribution in [1.82, 2.24) is 4.90 Å².